The molecule has 0 spiro atoms. The zero-order valence-electron chi connectivity index (χ0n) is 19.0. The molecule has 2 aliphatic rings. The third-order valence-electron chi connectivity index (χ3n) is 6.21. The first kappa shape index (κ1) is 22.2. The summed E-state index contributed by atoms with van der Waals surface area (Å²) in [5.74, 6) is -1.43. The molecule has 3 N–H and O–H groups in total. The van der Waals surface area contributed by atoms with Crippen LogP contribution in [0.2, 0.25) is 0 Å². The Morgan fingerprint density at radius 2 is 1.77 bits per heavy atom. The molecule has 35 heavy (non-hydrogen) atoms. The number of hydrazone groups is 1. The standard InChI is InChI=1S/C28H23N3O4/c1-18-8-6-10-20(16-18)31-23-13-4-2-12-22(23)25(26(31)33)29-30-28(27(34)35)15-7-9-19(17-28)21-11-3-5-14-24(21)32/h2-16,30,32H,17H2,1H3,(H,34,35). The Bertz CT molecular complexity index is 1440. The van der Waals surface area contributed by atoms with Crippen LogP contribution in [-0.2, 0) is 9.59 Å². The summed E-state index contributed by atoms with van der Waals surface area (Å²) in [6.45, 7) is 1.95. The van der Waals surface area contributed by atoms with Crippen LogP contribution in [0.5, 0.6) is 5.75 Å². The maximum absolute atomic E-state index is 13.5. The van der Waals surface area contributed by atoms with Gasteiger partial charge in [-0.15, -0.1) is 0 Å². The highest BCUT2D eigenvalue weighted by atomic mass is 16.4. The van der Waals surface area contributed by atoms with Crippen molar-refractivity contribution >= 4 is 34.5 Å². The molecule has 1 unspecified atom stereocenters. The number of nitrogens with zero attached hydrogens (tertiary/aromatic N) is 2. The molecule has 7 nitrogen and oxygen atoms in total. The Labute approximate surface area is 202 Å². The molecule has 0 saturated heterocycles. The lowest BCUT2D eigenvalue weighted by molar-refractivity contribution is -0.142. The van der Waals surface area contributed by atoms with Crippen molar-refractivity contribution in [2.75, 3.05) is 4.90 Å². The van der Waals surface area contributed by atoms with Gasteiger partial charge in [0, 0.05) is 23.2 Å². The van der Waals surface area contributed by atoms with Gasteiger partial charge in [0.05, 0.1) is 5.69 Å². The molecule has 3 aromatic carbocycles. The van der Waals surface area contributed by atoms with Gasteiger partial charge in [-0.2, -0.15) is 5.10 Å². The van der Waals surface area contributed by atoms with Crippen molar-refractivity contribution in [2.24, 2.45) is 5.10 Å². The maximum atomic E-state index is 13.5. The zero-order chi connectivity index (χ0) is 24.6. The molecule has 1 aliphatic carbocycles. The number of hydrogen-bond donors (Lipinski definition) is 3. The molecular formula is C28H23N3O4. The summed E-state index contributed by atoms with van der Waals surface area (Å²) in [4.78, 5) is 27.5. The lowest BCUT2D eigenvalue weighted by Gasteiger charge is -2.29. The second kappa shape index (κ2) is 8.61. The number of carboxylic acid groups (broad SMARTS) is 1. The number of nitrogens with one attached hydrogen (secondary N) is 1. The second-order valence-corrected chi connectivity index (χ2v) is 8.59. The largest absolute Gasteiger partial charge is 0.507 e. The zero-order valence-corrected chi connectivity index (χ0v) is 19.0. The normalized spacial score (nSPS) is 20.0. The highest BCUT2D eigenvalue weighted by Crippen LogP contribution is 2.37. The van der Waals surface area contributed by atoms with Crippen molar-refractivity contribution in [3.63, 3.8) is 0 Å². The molecular weight excluding hydrogens is 442 g/mol. The number of anilines is 2. The SMILES string of the molecule is Cc1cccc(N2C(=O)C(=NNC3(C(=O)O)C=CC=C(c4ccccc4O)C3)c3ccccc32)c1. The Kier molecular flexibility index (Phi) is 5.45. The molecule has 0 fully saturated rings. The van der Waals surface area contributed by atoms with E-state index < -0.39 is 11.5 Å². The number of aryl methyl sites for hydroxylation is 1. The Balaban J connectivity index is 1.51. The molecule has 0 radical (unpaired) electrons. The van der Waals surface area contributed by atoms with Gasteiger partial charge < -0.3 is 10.2 Å². The average molecular weight is 466 g/mol. The maximum Gasteiger partial charge on any atom is 0.335 e. The molecule has 174 valence electrons. The quantitative estimate of drug-likeness (QED) is 0.480. The minimum atomic E-state index is -1.59. The van der Waals surface area contributed by atoms with Gasteiger partial charge in [0.25, 0.3) is 5.91 Å². The van der Waals surface area contributed by atoms with Crippen LogP contribution in [0.3, 0.4) is 0 Å². The highest BCUT2D eigenvalue weighted by molar-refractivity contribution is 6.55. The number of phenols is 1. The van der Waals surface area contributed by atoms with E-state index in [9.17, 15) is 19.8 Å². The van der Waals surface area contributed by atoms with Crippen LogP contribution in [0, 0.1) is 6.92 Å². The van der Waals surface area contributed by atoms with Crippen LogP contribution in [-0.4, -0.2) is 33.3 Å². The number of aliphatic carboxylic acids is 1. The molecule has 1 aliphatic heterocycles. The van der Waals surface area contributed by atoms with E-state index in [2.05, 4.69) is 10.5 Å². The summed E-state index contributed by atoms with van der Waals surface area (Å²) in [5, 5.41) is 24.8. The van der Waals surface area contributed by atoms with Crippen LogP contribution in [0.15, 0.2) is 96.1 Å². The van der Waals surface area contributed by atoms with Crippen molar-refractivity contribution in [3.8, 4) is 5.75 Å². The molecule has 1 amide bonds. The van der Waals surface area contributed by atoms with Gasteiger partial charge in [0.2, 0.25) is 0 Å². The molecule has 3 aromatic rings. The number of allylic oxidation sites excluding steroid dienone is 2. The Morgan fingerprint density at radius 1 is 1.03 bits per heavy atom. The molecule has 1 heterocycles. The van der Waals surface area contributed by atoms with Gasteiger partial charge in [-0.05, 0) is 48.4 Å². The molecule has 5 rings (SSSR count). The molecule has 0 bridgehead atoms. The van der Waals surface area contributed by atoms with Gasteiger partial charge in [-0.3, -0.25) is 15.1 Å². The smallest absolute Gasteiger partial charge is 0.335 e. The number of rotatable bonds is 5. The number of amides is 1. The lowest BCUT2D eigenvalue weighted by Crippen LogP contribution is -2.49. The van der Waals surface area contributed by atoms with E-state index in [-0.39, 0.29) is 23.8 Å². The number of fused-ring (bicyclic) bond motifs is 1. The Morgan fingerprint density at radius 3 is 2.51 bits per heavy atom. The second-order valence-electron chi connectivity index (χ2n) is 8.59. The van der Waals surface area contributed by atoms with Crippen LogP contribution >= 0.6 is 0 Å². The number of benzene rings is 3. The number of aromatic hydroxyl groups is 1. The van der Waals surface area contributed by atoms with E-state index in [0.717, 1.165) is 5.56 Å². The monoisotopic (exact) mass is 465 g/mol. The van der Waals surface area contributed by atoms with E-state index >= 15 is 0 Å². The summed E-state index contributed by atoms with van der Waals surface area (Å²) >= 11 is 0. The van der Waals surface area contributed by atoms with Crippen molar-refractivity contribution in [2.45, 2.75) is 18.9 Å². The fourth-order valence-electron chi connectivity index (χ4n) is 4.43. The summed E-state index contributed by atoms with van der Waals surface area (Å²) < 4.78 is 0. The van der Waals surface area contributed by atoms with Crippen LogP contribution in [0.1, 0.15) is 23.1 Å². The van der Waals surface area contributed by atoms with Gasteiger partial charge >= 0.3 is 5.97 Å². The minimum Gasteiger partial charge on any atom is -0.507 e. The molecule has 1 atom stereocenters. The fourth-order valence-corrected chi connectivity index (χ4v) is 4.43. The van der Waals surface area contributed by atoms with Crippen molar-refractivity contribution in [3.05, 3.63) is 108 Å². The van der Waals surface area contributed by atoms with Gasteiger partial charge in [-0.25, -0.2) is 4.79 Å². The molecule has 7 heteroatoms. The fraction of sp³-hybridized carbons (Fsp3) is 0.107. The number of para-hydroxylation sites is 2. The number of carboxylic acids is 1. The number of phenolic OH excluding ortho intramolecular Hbond substituents is 1. The van der Waals surface area contributed by atoms with E-state index in [4.69, 9.17) is 0 Å². The van der Waals surface area contributed by atoms with E-state index in [1.54, 1.807) is 47.4 Å². The topological polar surface area (TPSA) is 102 Å². The predicted octanol–water partition coefficient (Wildman–Crippen LogP) is 4.54. The first-order valence-electron chi connectivity index (χ1n) is 11.2. The number of carbonyl (C=O) groups excluding carboxylic acids is 1. The first-order chi connectivity index (χ1) is 16.9. The van der Waals surface area contributed by atoms with Gasteiger partial charge in [0.15, 0.2) is 11.3 Å². The summed E-state index contributed by atoms with van der Waals surface area (Å²) in [6, 6.07) is 21.7. The summed E-state index contributed by atoms with van der Waals surface area (Å²) in [5.41, 5.74) is 5.53. The van der Waals surface area contributed by atoms with Gasteiger partial charge in [0.1, 0.15) is 5.75 Å². The van der Waals surface area contributed by atoms with Crippen molar-refractivity contribution in [1.29, 1.82) is 0 Å². The van der Waals surface area contributed by atoms with Crippen molar-refractivity contribution < 1.29 is 19.8 Å². The first-order valence-corrected chi connectivity index (χ1v) is 11.2. The molecule has 0 aromatic heterocycles. The summed E-state index contributed by atoms with van der Waals surface area (Å²) in [6.07, 6.45) is 4.92. The van der Waals surface area contributed by atoms with E-state index in [1.165, 1.54) is 6.08 Å². The van der Waals surface area contributed by atoms with E-state index in [1.807, 2.05) is 49.4 Å². The minimum absolute atomic E-state index is 0.0324. The van der Waals surface area contributed by atoms with Crippen molar-refractivity contribution in [1.82, 2.24) is 5.43 Å². The third-order valence-corrected chi connectivity index (χ3v) is 6.21. The van der Waals surface area contributed by atoms with Crippen LogP contribution in [0.25, 0.3) is 5.57 Å². The van der Waals surface area contributed by atoms with Crippen LogP contribution < -0.4 is 10.3 Å². The number of carbonyl (C=O) groups is 2. The highest BCUT2D eigenvalue weighted by Gasteiger charge is 2.41. The van der Waals surface area contributed by atoms with Crippen LogP contribution in [0.4, 0.5) is 11.4 Å². The predicted molar refractivity (Wildman–Crippen MR) is 135 cm³/mol. The third kappa shape index (κ3) is 3.87. The average Bonchev–Trinajstić information content (AvgIpc) is 3.14. The van der Waals surface area contributed by atoms with E-state index in [0.29, 0.717) is 28.1 Å². The number of hydrogen-bond acceptors (Lipinski definition) is 5. The summed E-state index contributed by atoms with van der Waals surface area (Å²) in [7, 11) is 0. The Hall–Kier alpha value is -4.65. The lowest BCUT2D eigenvalue weighted by atomic mass is 9.84. The van der Waals surface area contributed by atoms with Gasteiger partial charge in [-0.1, -0.05) is 60.7 Å². The molecule has 0 saturated carbocycles.